The van der Waals surface area contributed by atoms with Crippen LogP contribution in [0.3, 0.4) is 0 Å². The predicted molar refractivity (Wildman–Crippen MR) is 122 cm³/mol. The number of carbonyl (C=O) groups excluding carboxylic acids is 1. The average Bonchev–Trinajstić information content (AvgIpc) is 2.68. The lowest BCUT2D eigenvalue weighted by molar-refractivity contribution is 0.102. The van der Waals surface area contributed by atoms with Crippen LogP contribution < -0.4 is 10.0 Å². The molecule has 2 N–H and O–H groups in total. The number of aryl methyl sites for hydroxylation is 2. The minimum atomic E-state index is -3.83. The highest BCUT2D eigenvalue weighted by atomic mass is 32.2. The van der Waals surface area contributed by atoms with Gasteiger partial charge in [-0.2, -0.15) is 0 Å². The molecule has 3 aromatic carbocycles. The van der Waals surface area contributed by atoms with E-state index in [9.17, 15) is 13.2 Å². The van der Waals surface area contributed by atoms with Crippen LogP contribution in [0, 0.1) is 13.8 Å². The Kier molecular flexibility index (Phi) is 6.27. The number of sulfonamides is 1. The van der Waals surface area contributed by atoms with Gasteiger partial charge in [0.1, 0.15) is 0 Å². The molecule has 0 aliphatic rings. The Balaban J connectivity index is 1.84. The third kappa shape index (κ3) is 5.07. The van der Waals surface area contributed by atoms with E-state index in [0.29, 0.717) is 22.9 Å². The van der Waals surface area contributed by atoms with E-state index in [4.69, 9.17) is 0 Å². The fourth-order valence-corrected chi connectivity index (χ4v) is 4.43. The Hall–Kier alpha value is -3.12. The molecule has 156 valence electrons. The molecule has 0 fully saturated rings. The molecule has 0 radical (unpaired) electrons. The number of amides is 1. The van der Waals surface area contributed by atoms with Crippen molar-refractivity contribution in [2.45, 2.75) is 38.5 Å². The summed E-state index contributed by atoms with van der Waals surface area (Å²) in [7, 11) is -3.83. The molecular formula is C24H26N2O3S. The minimum Gasteiger partial charge on any atom is -0.322 e. The first-order valence-corrected chi connectivity index (χ1v) is 11.3. The van der Waals surface area contributed by atoms with Crippen molar-refractivity contribution in [2.24, 2.45) is 0 Å². The summed E-state index contributed by atoms with van der Waals surface area (Å²) >= 11 is 0. The van der Waals surface area contributed by atoms with Crippen molar-refractivity contribution in [3.8, 4) is 0 Å². The van der Waals surface area contributed by atoms with Crippen LogP contribution in [0.15, 0.2) is 71.6 Å². The average molecular weight is 423 g/mol. The molecule has 0 bridgehead atoms. The molecule has 3 rings (SSSR count). The summed E-state index contributed by atoms with van der Waals surface area (Å²) in [5, 5.41) is 2.83. The van der Waals surface area contributed by atoms with Crippen molar-refractivity contribution in [1.82, 2.24) is 0 Å². The lowest BCUT2D eigenvalue weighted by Crippen LogP contribution is -2.17. The van der Waals surface area contributed by atoms with Gasteiger partial charge in [-0.3, -0.25) is 9.52 Å². The molecule has 0 unspecified atom stereocenters. The highest BCUT2D eigenvalue weighted by Gasteiger charge is 2.19. The van der Waals surface area contributed by atoms with Gasteiger partial charge in [0.15, 0.2) is 0 Å². The molecule has 1 amide bonds. The van der Waals surface area contributed by atoms with Crippen molar-refractivity contribution in [2.75, 3.05) is 10.0 Å². The summed E-state index contributed by atoms with van der Waals surface area (Å²) in [5.74, 6) is 0.0415. The number of anilines is 2. The maximum atomic E-state index is 12.9. The van der Waals surface area contributed by atoms with Crippen LogP contribution in [0.25, 0.3) is 0 Å². The third-order valence-electron chi connectivity index (χ3n) is 4.85. The maximum absolute atomic E-state index is 12.9. The fourth-order valence-electron chi connectivity index (χ4n) is 3.10. The topological polar surface area (TPSA) is 75.3 Å². The molecule has 0 saturated heterocycles. The van der Waals surface area contributed by atoms with Gasteiger partial charge in [-0.05, 0) is 72.9 Å². The van der Waals surface area contributed by atoms with E-state index >= 15 is 0 Å². The lowest BCUT2D eigenvalue weighted by Gasteiger charge is -2.13. The van der Waals surface area contributed by atoms with E-state index < -0.39 is 10.0 Å². The summed E-state index contributed by atoms with van der Waals surface area (Å²) < 4.78 is 28.4. The number of nitrogens with one attached hydrogen (secondary N) is 2. The Labute approximate surface area is 178 Å². The monoisotopic (exact) mass is 422 g/mol. The zero-order chi connectivity index (χ0) is 21.9. The van der Waals surface area contributed by atoms with Crippen molar-refractivity contribution >= 4 is 27.3 Å². The summed E-state index contributed by atoms with van der Waals surface area (Å²) in [4.78, 5) is 12.8. The van der Waals surface area contributed by atoms with Crippen LogP contribution in [0.2, 0.25) is 0 Å². The van der Waals surface area contributed by atoms with Crippen LogP contribution in [0.5, 0.6) is 0 Å². The van der Waals surface area contributed by atoms with Gasteiger partial charge in [0.2, 0.25) is 0 Å². The predicted octanol–water partition coefficient (Wildman–Crippen LogP) is 5.48. The van der Waals surface area contributed by atoms with Crippen molar-refractivity contribution in [3.05, 3.63) is 89.0 Å². The molecule has 0 aromatic heterocycles. The molecular weight excluding hydrogens is 396 g/mol. The molecule has 5 nitrogen and oxygen atoms in total. The highest BCUT2D eigenvalue weighted by molar-refractivity contribution is 7.92. The first-order valence-electron chi connectivity index (χ1n) is 9.77. The number of benzene rings is 3. The molecule has 3 aromatic rings. The summed E-state index contributed by atoms with van der Waals surface area (Å²) in [5.41, 5.74) is 4.11. The smallest absolute Gasteiger partial charge is 0.262 e. The zero-order valence-electron chi connectivity index (χ0n) is 17.6. The second-order valence-corrected chi connectivity index (χ2v) is 9.34. The number of hydrogen-bond acceptors (Lipinski definition) is 3. The molecule has 0 spiro atoms. The van der Waals surface area contributed by atoms with Crippen molar-refractivity contribution in [1.29, 1.82) is 0 Å². The van der Waals surface area contributed by atoms with Gasteiger partial charge in [0.25, 0.3) is 15.9 Å². The second kappa shape index (κ2) is 8.71. The number of carbonyl (C=O) groups is 1. The molecule has 30 heavy (non-hydrogen) atoms. The zero-order valence-corrected chi connectivity index (χ0v) is 18.4. The Morgan fingerprint density at radius 1 is 0.867 bits per heavy atom. The molecule has 0 aliphatic carbocycles. The van der Waals surface area contributed by atoms with Gasteiger partial charge in [0, 0.05) is 16.9 Å². The summed E-state index contributed by atoms with van der Waals surface area (Å²) in [6.45, 7) is 7.80. The molecule has 0 atom stereocenters. The molecule has 0 saturated carbocycles. The van der Waals surface area contributed by atoms with Crippen molar-refractivity contribution in [3.63, 3.8) is 0 Å². The summed E-state index contributed by atoms with van der Waals surface area (Å²) in [6, 6.07) is 19.4. The van der Waals surface area contributed by atoms with E-state index in [-0.39, 0.29) is 16.4 Å². The van der Waals surface area contributed by atoms with Crippen LogP contribution in [0.4, 0.5) is 11.4 Å². The van der Waals surface area contributed by atoms with E-state index in [1.54, 1.807) is 37.3 Å². The van der Waals surface area contributed by atoms with E-state index in [0.717, 1.165) is 5.56 Å². The van der Waals surface area contributed by atoms with Crippen molar-refractivity contribution < 1.29 is 13.2 Å². The van der Waals surface area contributed by atoms with Crippen LogP contribution in [-0.2, 0) is 10.0 Å². The largest absolute Gasteiger partial charge is 0.322 e. The Bertz CT molecular complexity index is 1170. The van der Waals surface area contributed by atoms with Crippen LogP contribution in [-0.4, -0.2) is 14.3 Å². The standard InChI is InChI=1S/C24H26N2O3S/c1-16(2)19-10-12-21(13-11-19)25-24(27)20-9-8-18(4)23(15-20)30(28,29)26-22-7-5-6-17(3)14-22/h5-16,26H,1-4H3,(H,25,27). The number of rotatable bonds is 6. The van der Waals surface area contributed by atoms with E-state index in [2.05, 4.69) is 23.9 Å². The second-order valence-electron chi connectivity index (χ2n) is 7.69. The van der Waals surface area contributed by atoms with Gasteiger partial charge in [-0.15, -0.1) is 0 Å². The Morgan fingerprint density at radius 2 is 1.57 bits per heavy atom. The fraction of sp³-hybridized carbons (Fsp3) is 0.208. The SMILES string of the molecule is Cc1cccc(NS(=O)(=O)c2cc(C(=O)Nc3ccc(C(C)C)cc3)ccc2C)c1. The van der Waals surface area contributed by atoms with Gasteiger partial charge in [0.05, 0.1) is 4.90 Å². The highest BCUT2D eigenvalue weighted by Crippen LogP contribution is 2.23. The van der Waals surface area contributed by atoms with E-state index in [1.165, 1.54) is 11.6 Å². The lowest BCUT2D eigenvalue weighted by atomic mass is 10.0. The van der Waals surface area contributed by atoms with Gasteiger partial charge in [-0.25, -0.2) is 8.42 Å². The maximum Gasteiger partial charge on any atom is 0.262 e. The normalized spacial score (nSPS) is 11.4. The minimum absolute atomic E-state index is 0.0758. The number of hydrogen-bond donors (Lipinski definition) is 2. The molecule has 0 heterocycles. The van der Waals surface area contributed by atoms with Gasteiger partial charge >= 0.3 is 0 Å². The van der Waals surface area contributed by atoms with Crippen LogP contribution in [0.1, 0.15) is 46.8 Å². The van der Waals surface area contributed by atoms with E-state index in [1.807, 2.05) is 37.3 Å². The van der Waals surface area contributed by atoms with Gasteiger partial charge in [-0.1, -0.05) is 44.2 Å². The molecule has 6 heteroatoms. The first kappa shape index (κ1) is 21.6. The first-order chi connectivity index (χ1) is 14.2. The quantitative estimate of drug-likeness (QED) is 0.552. The van der Waals surface area contributed by atoms with Gasteiger partial charge < -0.3 is 5.32 Å². The molecule has 0 aliphatic heterocycles. The summed E-state index contributed by atoms with van der Waals surface area (Å²) in [6.07, 6.45) is 0. The Morgan fingerprint density at radius 3 is 2.20 bits per heavy atom. The third-order valence-corrected chi connectivity index (χ3v) is 6.37. The van der Waals surface area contributed by atoms with Crippen LogP contribution >= 0.6 is 0 Å².